The molecule has 84 valence electrons. The van der Waals surface area contributed by atoms with Crippen molar-refractivity contribution >= 4 is 15.9 Å². The molecule has 0 amide bonds. The van der Waals surface area contributed by atoms with Gasteiger partial charge >= 0.3 is 0 Å². The summed E-state index contributed by atoms with van der Waals surface area (Å²) in [4.78, 5) is 0. The molecule has 0 aromatic heterocycles. The average molecular weight is 280 g/mol. The van der Waals surface area contributed by atoms with Crippen LogP contribution in [-0.2, 0) is 6.42 Å². The van der Waals surface area contributed by atoms with Crippen molar-refractivity contribution in [1.29, 1.82) is 5.26 Å². The van der Waals surface area contributed by atoms with E-state index < -0.39 is 0 Å². The van der Waals surface area contributed by atoms with Gasteiger partial charge in [-0.15, -0.1) is 0 Å². The first-order chi connectivity index (χ1) is 7.72. The fourth-order valence-corrected chi connectivity index (χ4v) is 2.46. The molecular weight excluding hydrogens is 266 g/mol. The van der Waals surface area contributed by atoms with Crippen LogP contribution in [0.3, 0.4) is 0 Å². The van der Waals surface area contributed by atoms with E-state index >= 15 is 0 Å². The van der Waals surface area contributed by atoms with Crippen molar-refractivity contribution in [1.82, 2.24) is 0 Å². The van der Waals surface area contributed by atoms with Crippen LogP contribution in [0.5, 0.6) is 5.75 Å². The van der Waals surface area contributed by atoms with E-state index in [9.17, 15) is 0 Å². The molecule has 1 heterocycles. The van der Waals surface area contributed by atoms with E-state index in [0.717, 1.165) is 23.9 Å². The van der Waals surface area contributed by atoms with Crippen molar-refractivity contribution < 1.29 is 4.74 Å². The van der Waals surface area contributed by atoms with Crippen molar-refractivity contribution in [3.05, 3.63) is 29.3 Å². The van der Waals surface area contributed by atoms with E-state index in [1.165, 1.54) is 11.1 Å². The number of nitrogens with zero attached hydrogens (tertiary/aromatic N) is 1. The van der Waals surface area contributed by atoms with Crippen LogP contribution >= 0.6 is 15.9 Å². The summed E-state index contributed by atoms with van der Waals surface area (Å²) in [6.45, 7) is 2.09. The Bertz CT molecular complexity index is 424. The van der Waals surface area contributed by atoms with Crippen molar-refractivity contribution in [3.8, 4) is 11.8 Å². The first-order valence-corrected chi connectivity index (χ1v) is 6.57. The van der Waals surface area contributed by atoms with Gasteiger partial charge in [0.2, 0.25) is 0 Å². The minimum atomic E-state index is 0.0420. The molecule has 16 heavy (non-hydrogen) atoms. The lowest BCUT2D eigenvalue weighted by Crippen LogP contribution is -2.18. The zero-order chi connectivity index (χ0) is 11.5. The number of halogens is 1. The Morgan fingerprint density at radius 1 is 1.62 bits per heavy atom. The van der Waals surface area contributed by atoms with E-state index in [1.807, 2.05) is 6.07 Å². The SMILES string of the molecule is Cc1ccc2c(c1)CC(CC(C#N)CBr)O2. The van der Waals surface area contributed by atoms with Crippen LogP contribution in [0.2, 0.25) is 0 Å². The van der Waals surface area contributed by atoms with Crippen LogP contribution in [0, 0.1) is 24.2 Å². The summed E-state index contributed by atoms with van der Waals surface area (Å²) in [5.74, 6) is 1.03. The highest BCUT2D eigenvalue weighted by Gasteiger charge is 2.25. The van der Waals surface area contributed by atoms with Gasteiger partial charge in [0.25, 0.3) is 0 Å². The lowest BCUT2D eigenvalue weighted by atomic mass is 10.0. The predicted octanol–water partition coefficient (Wildman–Crippen LogP) is 3.22. The fourth-order valence-electron chi connectivity index (χ4n) is 2.05. The number of hydrogen-bond donors (Lipinski definition) is 0. The number of ether oxygens (including phenoxy) is 1. The highest BCUT2D eigenvalue weighted by atomic mass is 79.9. The molecule has 0 aliphatic carbocycles. The zero-order valence-corrected chi connectivity index (χ0v) is 10.8. The van der Waals surface area contributed by atoms with Crippen LogP contribution in [0.25, 0.3) is 0 Å². The van der Waals surface area contributed by atoms with Gasteiger partial charge in [-0.05, 0) is 18.6 Å². The highest BCUT2D eigenvalue weighted by molar-refractivity contribution is 9.09. The van der Waals surface area contributed by atoms with Crippen molar-refractivity contribution in [2.45, 2.75) is 25.9 Å². The Morgan fingerprint density at radius 3 is 3.12 bits per heavy atom. The second-order valence-corrected chi connectivity index (χ2v) is 4.92. The molecule has 3 heteroatoms. The molecular formula is C13H14BrNO. The van der Waals surface area contributed by atoms with E-state index in [2.05, 4.69) is 41.1 Å². The average Bonchev–Trinajstić information content (AvgIpc) is 2.67. The Hall–Kier alpha value is -1.01. The van der Waals surface area contributed by atoms with Gasteiger partial charge in [0, 0.05) is 18.2 Å². The summed E-state index contributed by atoms with van der Waals surface area (Å²) in [5.41, 5.74) is 2.54. The van der Waals surface area contributed by atoms with Crippen LogP contribution < -0.4 is 4.74 Å². The number of aryl methyl sites for hydroxylation is 1. The maximum Gasteiger partial charge on any atom is 0.123 e. The standard InChI is InChI=1S/C13H14BrNO/c1-9-2-3-13-11(4-9)6-12(16-13)5-10(7-14)8-15/h2-4,10,12H,5-7H2,1H3. The van der Waals surface area contributed by atoms with E-state index in [4.69, 9.17) is 10.00 Å². The van der Waals surface area contributed by atoms with E-state index in [0.29, 0.717) is 0 Å². The Labute approximate surface area is 104 Å². The molecule has 0 spiro atoms. The summed E-state index contributed by atoms with van der Waals surface area (Å²) >= 11 is 3.35. The number of nitriles is 1. The van der Waals surface area contributed by atoms with Crippen LogP contribution in [-0.4, -0.2) is 11.4 Å². The highest BCUT2D eigenvalue weighted by Crippen LogP contribution is 2.32. The van der Waals surface area contributed by atoms with Gasteiger partial charge in [-0.1, -0.05) is 33.6 Å². The molecule has 2 atom stereocenters. The van der Waals surface area contributed by atoms with Crippen LogP contribution in [0.15, 0.2) is 18.2 Å². The number of alkyl halides is 1. The number of hydrogen-bond acceptors (Lipinski definition) is 2. The zero-order valence-electron chi connectivity index (χ0n) is 9.24. The third kappa shape index (κ3) is 2.38. The van der Waals surface area contributed by atoms with Crippen molar-refractivity contribution in [3.63, 3.8) is 0 Å². The smallest absolute Gasteiger partial charge is 0.123 e. The molecule has 2 nitrogen and oxygen atoms in total. The molecule has 1 aromatic rings. The lowest BCUT2D eigenvalue weighted by Gasteiger charge is -2.12. The Morgan fingerprint density at radius 2 is 2.44 bits per heavy atom. The van der Waals surface area contributed by atoms with Crippen LogP contribution in [0.1, 0.15) is 17.5 Å². The third-order valence-corrected chi connectivity index (χ3v) is 3.66. The van der Waals surface area contributed by atoms with Crippen LogP contribution in [0.4, 0.5) is 0 Å². The summed E-state index contributed by atoms with van der Waals surface area (Å²) in [7, 11) is 0. The van der Waals surface area contributed by atoms with Gasteiger partial charge in [0.1, 0.15) is 11.9 Å². The number of rotatable bonds is 3. The molecule has 2 rings (SSSR count). The fraction of sp³-hybridized carbons (Fsp3) is 0.462. The van der Waals surface area contributed by atoms with E-state index in [1.54, 1.807) is 0 Å². The summed E-state index contributed by atoms with van der Waals surface area (Å²) in [6.07, 6.45) is 1.90. The Balaban J connectivity index is 2.03. The summed E-state index contributed by atoms with van der Waals surface area (Å²) in [6, 6.07) is 8.55. The molecule has 0 N–H and O–H groups in total. The topological polar surface area (TPSA) is 33.0 Å². The maximum absolute atomic E-state index is 8.91. The molecule has 1 aliphatic rings. The minimum absolute atomic E-state index is 0.0420. The minimum Gasteiger partial charge on any atom is -0.490 e. The summed E-state index contributed by atoms with van der Waals surface area (Å²) in [5, 5.41) is 9.63. The molecule has 0 saturated carbocycles. The largest absolute Gasteiger partial charge is 0.490 e. The molecule has 0 fully saturated rings. The van der Waals surface area contributed by atoms with Gasteiger partial charge < -0.3 is 4.74 Å². The van der Waals surface area contributed by atoms with E-state index in [-0.39, 0.29) is 12.0 Å². The molecule has 0 bridgehead atoms. The normalized spacial score (nSPS) is 19.7. The van der Waals surface area contributed by atoms with Crippen molar-refractivity contribution in [2.24, 2.45) is 5.92 Å². The first-order valence-electron chi connectivity index (χ1n) is 5.44. The second-order valence-electron chi connectivity index (χ2n) is 4.27. The molecule has 0 saturated heterocycles. The lowest BCUT2D eigenvalue weighted by molar-refractivity contribution is 0.210. The first kappa shape index (κ1) is 11.5. The molecule has 0 radical (unpaired) electrons. The van der Waals surface area contributed by atoms with Gasteiger partial charge in [0.15, 0.2) is 0 Å². The predicted molar refractivity (Wildman–Crippen MR) is 66.8 cm³/mol. The monoisotopic (exact) mass is 279 g/mol. The molecule has 1 aliphatic heterocycles. The molecule has 2 unspecified atom stereocenters. The Kier molecular flexibility index (Phi) is 3.50. The van der Waals surface area contributed by atoms with Gasteiger partial charge in [-0.3, -0.25) is 0 Å². The van der Waals surface area contributed by atoms with Gasteiger partial charge in [-0.25, -0.2) is 0 Å². The van der Waals surface area contributed by atoms with Gasteiger partial charge in [0.05, 0.1) is 12.0 Å². The summed E-state index contributed by atoms with van der Waals surface area (Å²) < 4.78 is 5.82. The quantitative estimate of drug-likeness (QED) is 0.796. The number of fused-ring (bicyclic) bond motifs is 1. The molecule has 1 aromatic carbocycles. The van der Waals surface area contributed by atoms with Gasteiger partial charge in [-0.2, -0.15) is 5.26 Å². The van der Waals surface area contributed by atoms with Crippen molar-refractivity contribution in [2.75, 3.05) is 5.33 Å². The number of benzene rings is 1. The maximum atomic E-state index is 8.91. The third-order valence-electron chi connectivity index (χ3n) is 2.87. The second kappa shape index (κ2) is 4.88.